The molecule has 0 spiro atoms. The number of carbonyl (C=O) groups is 2. The molecule has 0 radical (unpaired) electrons. The van der Waals surface area contributed by atoms with E-state index in [0.717, 1.165) is 19.3 Å². The third-order valence-electron chi connectivity index (χ3n) is 10.6. The van der Waals surface area contributed by atoms with E-state index in [1.54, 1.807) is 13.0 Å². The molecule has 4 aliphatic carbocycles. The molecule has 4 aliphatic rings. The highest BCUT2D eigenvalue weighted by atomic mass is 16.6. The maximum atomic E-state index is 13.3. The molecule has 0 aromatic heterocycles. The second kappa shape index (κ2) is 11.0. The number of Topliss-reactive ketones (excluding diaryl/α,β-unsaturated/α-hetero) is 1. The SMILES string of the molecule is CCCCCCCCCC(=O)O[C@@]12[C@H](OCC)[C@@H](C)[C@@]3(O)[C@@H](C=C(CO)C[C@]4(O)C(=O)C(C)=C[C@@H]34)[C@@H]1C2(C)C. The molecule has 2 fully saturated rings. The Bertz CT molecular complexity index is 1010. The monoisotopic (exact) mass is 546 g/mol. The third-order valence-corrected chi connectivity index (χ3v) is 10.6. The van der Waals surface area contributed by atoms with Crippen molar-refractivity contribution in [1.82, 2.24) is 0 Å². The molecule has 0 aromatic rings. The molecular formula is C32H50O7. The number of fused-ring (bicyclic) bond motifs is 5. The summed E-state index contributed by atoms with van der Waals surface area (Å²) in [5, 5.41) is 34.6. The maximum Gasteiger partial charge on any atom is 0.306 e. The van der Waals surface area contributed by atoms with E-state index in [2.05, 4.69) is 6.92 Å². The van der Waals surface area contributed by atoms with Crippen LogP contribution >= 0.6 is 0 Å². The fourth-order valence-corrected chi connectivity index (χ4v) is 8.55. The van der Waals surface area contributed by atoms with Crippen LogP contribution in [0.4, 0.5) is 0 Å². The van der Waals surface area contributed by atoms with Gasteiger partial charge in [0.2, 0.25) is 0 Å². The molecule has 0 saturated heterocycles. The van der Waals surface area contributed by atoms with E-state index in [9.17, 15) is 24.9 Å². The summed E-state index contributed by atoms with van der Waals surface area (Å²) in [5.41, 5.74) is -3.90. The summed E-state index contributed by atoms with van der Waals surface area (Å²) >= 11 is 0. The lowest BCUT2D eigenvalue weighted by atomic mass is 9.59. The van der Waals surface area contributed by atoms with Gasteiger partial charge in [-0.25, -0.2) is 0 Å². The van der Waals surface area contributed by atoms with Gasteiger partial charge in [-0.15, -0.1) is 0 Å². The molecule has 7 nitrogen and oxygen atoms in total. The number of rotatable bonds is 12. The van der Waals surface area contributed by atoms with Gasteiger partial charge in [0.15, 0.2) is 5.78 Å². The first-order valence-corrected chi connectivity index (χ1v) is 15.2. The van der Waals surface area contributed by atoms with E-state index in [1.807, 2.05) is 33.8 Å². The van der Waals surface area contributed by atoms with Gasteiger partial charge < -0.3 is 24.8 Å². The van der Waals surface area contributed by atoms with Crippen LogP contribution in [-0.4, -0.2) is 63.2 Å². The van der Waals surface area contributed by atoms with Crippen LogP contribution in [0.1, 0.15) is 99.3 Å². The van der Waals surface area contributed by atoms with Crippen molar-refractivity contribution in [3.8, 4) is 0 Å². The highest BCUT2D eigenvalue weighted by molar-refractivity contribution is 6.04. The Hall–Kier alpha value is -1.54. The number of carbonyl (C=O) groups excluding carboxylic acids is 2. The average Bonchev–Trinajstić information content (AvgIpc) is 3.31. The standard InChI is InChI=1S/C32H50O7/c1-7-9-10-11-12-13-14-15-25(34)39-32-26(29(32,5)6)23-17-22(19-33)18-30(36)24(16-20(3)27(30)35)31(23,37)21(4)28(32)38-8-2/h16-17,21,23-24,26,28,33,36-37H,7-15,18-19H2,1-6H3/t21-,23+,24-,26-,28-,30-,31-,32-/m1/s1. The van der Waals surface area contributed by atoms with Crippen molar-refractivity contribution in [2.24, 2.45) is 29.1 Å². The van der Waals surface area contributed by atoms with E-state index in [4.69, 9.17) is 9.47 Å². The molecule has 0 amide bonds. The van der Waals surface area contributed by atoms with Crippen molar-refractivity contribution in [2.75, 3.05) is 13.2 Å². The number of ketones is 1. The summed E-state index contributed by atoms with van der Waals surface area (Å²) in [6.07, 6.45) is 11.0. The van der Waals surface area contributed by atoms with Gasteiger partial charge in [-0.3, -0.25) is 9.59 Å². The quantitative estimate of drug-likeness (QED) is 0.185. The Balaban J connectivity index is 1.65. The lowest BCUT2D eigenvalue weighted by Crippen LogP contribution is -2.66. The summed E-state index contributed by atoms with van der Waals surface area (Å²) in [4.78, 5) is 26.5. The summed E-state index contributed by atoms with van der Waals surface area (Å²) in [7, 11) is 0. The summed E-state index contributed by atoms with van der Waals surface area (Å²) in [5.74, 6) is -2.92. The zero-order chi connectivity index (χ0) is 28.8. The van der Waals surface area contributed by atoms with E-state index < -0.39 is 51.9 Å². The lowest BCUT2D eigenvalue weighted by Gasteiger charge is -2.53. The molecule has 220 valence electrons. The van der Waals surface area contributed by atoms with Gasteiger partial charge in [0.05, 0.1) is 12.2 Å². The van der Waals surface area contributed by atoms with Crippen LogP contribution < -0.4 is 0 Å². The molecule has 0 unspecified atom stereocenters. The second-order valence-corrected chi connectivity index (χ2v) is 13.2. The van der Waals surface area contributed by atoms with Crippen molar-refractivity contribution >= 4 is 11.8 Å². The number of aliphatic hydroxyl groups is 3. The minimum absolute atomic E-state index is 0.0378. The number of aliphatic hydroxyl groups excluding tert-OH is 1. The zero-order valence-corrected chi connectivity index (χ0v) is 24.8. The zero-order valence-electron chi connectivity index (χ0n) is 24.8. The molecule has 2 saturated carbocycles. The first kappa shape index (κ1) is 30.4. The first-order valence-electron chi connectivity index (χ1n) is 15.2. The van der Waals surface area contributed by atoms with Gasteiger partial charge in [0.1, 0.15) is 17.3 Å². The van der Waals surface area contributed by atoms with Crippen LogP contribution in [0.15, 0.2) is 23.3 Å². The molecule has 7 heteroatoms. The number of hydrogen-bond acceptors (Lipinski definition) is 7. The van der Waals surface area contributed by atoms with Crippen LogP contribution in [0.25, 0.3) is 0 Å². The van der Waals surface area contributed by atoms with Crippen molar-refractivity contribution in [2.45, 2.75) is 122 Å². The average molecular weight is 547 g/mol. The Labute approximate surface area is 234 Å². The molecular weight excluding hydrogens is 496 g/mol. The van der Waals surface area contributed by atoms with Gasteiger partial charge >= 0.3 is 5.97 Å². The third kappa shape index (κ3) is 4.56. The molecule has 0 aliphatic heterocycles. The molecule has 0 heterocycles. The highest BCUT2D eigenvalue weighted by Gasteiger charge is 2.87. The summed E-state index contributed by atoms with van der Waals surface area (Å²) < 4.78 is 12.7. The number of ether oxygens (including phenoxy) is 2. The van der Waals surface area contributed by atoms with Crippen LogP contribution in [0.2, 0.25) is 0 Å². The van der Waals surface area contributed by atoms with Gasteiger partial charge in [-0.2, -0.15) is 0 Å². The molecule has 0 aromatic carbocycles. The van der Waals surface area contributed by atoms with Crippen LogP contribution in [0.5, 0.6) is 0 Å². The van der Waals surface area contributed by atoms with Crippen molar-refractivity contribution in [3.63, 3.8) is 0 Å². The Morgan fingerprint density at radius 2 is 1.69 bits per heavy atom. The van der Waals surface area contributed by atoms with Crippen molar-refractivity contribution in [3.05, 3.63) is 23.3 Å². The normalized spacial score (nSPS) is 40.1. The first-order chi connectivity index (χ1) is 18.4. The second-order valence-electron chi connectivity index (χ2n) is 13.2. The highest BCUT2D eigenvalue weighted by Crippen LogP contribution is 2.77. The van der Waals surface area contributed by atoms with Gasteiger partial charge in [0.25, 0.3) is 0 Å². The molecule has 39 heavy (non-hydrogen) atoms. The van der Waals surface area contributed by atoms with Gasteiger partial charge in [-0.1, -0.05) is 78.4 Å². The Morgan fingerprint density at radius 3 is 2.31 bits per heavy atom. The molecule has 8 atom stereocenters. The lowest BCUT2D eigenvalue weighted by molar-refractivity contribution is -0.229. The van der Waals surface area contributed by atoms with Crippen molar-refractivity contribution in [1.29, 1.82) is 0 Å². The minimum Gasteiger partial charge on any atom is -0.455 e. The van der Waals surface area contributed by atoms with E-state index in [1.165, 1.54) is 25.7 Å². The van der Waals surface area contributed by atoms with Crippen molar-refractivity contribution < 1.29 is 34.4 Å². The number of unbranched alkanes of at least 4 members (excludes halogenated alkanes) is 6. The van der Waals surface area contributed by atoms with Crippen LogP contribution in [0.3, 0.4) is 0 Å². The van der Waals surface area contributed by atoms with Crippen LogP contribution in [0, 0.1) is 29.1 Å². The topological polar surface area (TPSA) is 113 Å². The van der Waals surface area contributed by atoms with Gasteiger partial charge in [0, 0.05) is 48.5 Å². The largest absolute Gasteiger partial charge is 0.455 e. The summed E-state index contributed by atoms with van der Waals surface area (Å²) in [6, 6.07) is 0. The predicted octanol–water partition coefficient (Wildman–Crippen LogP) is 4.67. The van der Waals surface area contributed by atoms with Crippen LogP contribution in [-0.2, 0) is 19.1 Å². The predicted molar refractivity (Wildman–Crippen MR) is 149 cm³/mol. The maximum absolute atomic E-state index is 13.3. The molecule has 3 N–H and O–H groups in total. The van der Waals surface area contributed by atoms with E-state index >= 15 is 0 Å². The molecule has 4 rings (SSSR count). The fraction of sp³-hybridized carbons (Fsp3) is 0.812. The van der Waals surface area contributed by atoms with Gasteiger partial charge in [-0.05, 0) is 31.4 Å². The van der Waals surface area contributed by atoms with E-state index in [-0.39, 0.29) is 24.9 Å². The van der Waals surface area contributed by atoms with E-state index in [0.29, 0.717) is 24.2 Å². The Morgan fingerprint density at radius 1 is 1.05 bits per heavy atom. The minimum atomic E-state index is -1.83. The Kier molecular flexibility index (Phi) is 8.61. The number of esters is 1. The summed E-state index contributed by atoms with van der Waals surface area (Å²) in [6.45, 7) is 11.8. The fourth-order valence-electron chi connectivity index (χ4n) is 8.55. The smallest absolute Gasteiger partial charge is 0.306 e. The number of hydrogen-bond donors (Lipinski definition) is 3. The molecule has 0 bridgehead atoms.